The van der Waals surface area contributed by atoms with Crippen LogP contribution in [0.25, 0.3) is 0 Å². The lowest BCUT2D eigenvalue weighted by atomic mass is 9.98. The zero-order valence-corrected chi connectivity index (χ0v) is 12.5. The minimum atomic E-state index is 0.229. The number of carbonyl (C=O) groups excluding carboxylic acids is 1. The highest BCUT2D eigenvalue weighted by Crippen LogP contribution is 2.31. The molecule has 19 heavy (non-hydrogen) atoms. The summed E-state index contributed by atoms with van der Waals surface area (Å²) in [5.41, 5.74) is 0. The fourth-order valence-corrected chi connectivity index (χ4v) is 4.36. The van der Waals surface area contributed by atoms with Gasteiger partial charge in [-0.3, -0.25) is 4.79 Å². The Morgan fingerprint density at radius 1 is 1.37 bits per heavy atom. The molecule has 2 unspecified atom stereocenters. The summed E-state index contributed by atoms with van der Waals surface area (Å²) in [6.07, 6.45) is 4.82. The first-order valence-corrected chi connectivity index (χ1v) is 8.12. The largest absolute Gasteiger partial charge is 0.335 e. The molecule has 0 aliphatic carbocycles. The fraction of sp³-hybridized carbons (Fsp3) is 0.667. The van der Waals surface area contributed by atoms with E-state index >= 15 is 0 Å². The molecular formula is C15H22N2OS. The number of hydrogen-bond donors (Lipinski definition) is 1. The van der Waals surface area contributed by atoms with Crippen LogP contribution in [0.15, 0.2) is 12.1 Å². The number of hydrogen-bond acceptors (Lipinski definition) is 3. The minimum Gasteiger partial charge on any atom is -0.335 e. The summed E-state index contributed by atoms with van der Waals surface area (Å²) >= 11 is 1.61. The van der Waals surface area contributed by atoms with Gasteiger partial charge in [0.15, 0.2) is 0 Å². The van der Waals surface area contributed by atoms with Gasteiger partial charge in [0.1, 0.15) is 0 Å². The standard InChI is InChI=1S/C15H22N2OS/c1-3-17(15(18)14-7-4-10(2)19-14)13-8-11-5-6-12(9-13)16-11/h4,7,11-13,16H,3,5-6,8-9H2,1-2H3. The number of nitrogens with zero attached hydrogens (tertiary/aromatic N) is 1. The molecule has 0 aromatic carbocycles. The number of piperidine rings is 1. The number of rotatable bonds is 3. The summed E-state index contributed by atoms with van der Waals surface area (Å²) in [6, 6.07) is 5.71. The zero-order chi connectivity index (χ0) is 13.4. The molecule has 2 aliphatic heterocycles. The van der Waals surface area contributed by atoms with E-state index in [0.717, 1.165) is 24.3 Å². The molecule has 3 heterocycles. The Labute approximate surface area is 119 Å². The van der Waals surface area contributed by atoms with Crippen molar-refractivity contribution in [2.45, 2.75) is 57.7 Å². The van der Waals surface area contributed by atoms with Crippen LogP contribution in [0, 0.1) is 6.92 Å². The molecule has 1 N–H and O–H groups in total. The molecule has 0 spiro atoms. The molecule has 2 bridgehead atoms. The highest BCUT2D eigenvalue weighted by molar-refractivity contribution is 7.13. The summed E-state index contributed by atoms with van der Waals surface area (Å²) < 4.78 is 0. The summed E-state index contributed by atoms with van der Waals surface area (Å²) in [7, 11) is 0. The van der Waals surface area contributed by atoms with Gasteiger partial charge < -0.3 is 10.2 Å². The molecule has 2 saturated heterocycles. The third-order valence-corrected chi connectivity index (χ3v) is 5.43. The number of aryl methyl sites for hydroxylation is 1. The molecule has 104 valence electrons. The molecule has 3 nitrogen and oxygen atoms in total. The van der Waals surface area contributed by atoms with Gasteiger partial charge in [-0.2, -0.15) is 0 Å². The number of carbonyl (C=O) groups is 1. The molecule has 1 aromatic heterocycles. The number of fused-ring (bicyclic) bond motifs is 2. The van der Waals surface area contributed by atoms with Gasteiger partial charge in [0, 0.05) is 29.5 Å². The average molecular weight is 278 g/mol. The molecule has 4 heteroatoms. The highest BCUT2D eigenvalue weighted by atomic mass is 32.1. The molecule has 2 atom stereocenters. The van der Waals surface area contributed by atoms with E-state index in [1.165, 1.54) is 17.7 Å². The number of nitrogens with one attached hydrogen (secondary N) is 1. The Morgan fingerprint density at radius 3 is 2.58 bits per heavy atom. The second kappa shape index (κ2) is 5.25. The van der Waals surface area contributed by atoms with Crippen molar-refractivity contribution < 1.29 is 4.79 Å². The van der Waals surface area contributed by atoms with Crippen molar-refractivity contribution >= 4 is 17.2 Å². The van der Waals surface area contributed by atoms with Gasteiger partial charge in [0.25, 0.3) is 5.91 Å². The van der Waals surface area contributed by atoms with Crippen LogP contribution in [0.1, 0.15) is 47.2 Å². The average Bonchev–Trinajstić information content (AvgIpc) is 2.97. The van der Waals surface area contributed by atoms with E-state index in [-0.39, 0.29) is 5.91 Å². The lowest BCUT2D eigenvalue weighted by Gasteiger charge is -2.37. The van der Waals surface area contributed by atoms with Gasteiger partial charge in [-0.1, -0.05) is 0 Å². The van der Waals surface area contributed by atoms with Gasteiger partial charge in [0.2, 0.25) is 0 Å². The topological polar surface area (TPSA) is 32.3 Å². The maximum Gasteiger partial charge on any atom is 0.264 e. The van der Waals surface area contributed by atoms with E-state index in [1.54, 1.807) is 11.3 Å². The molecule has 3 rings (SSSR count). The van der Waals surface area contributed by atoms with Crippen molar-refractivity contribution in [2.24, 2.45) is 0 Å². The third kappa shape index (κ3) is 2.56. The van der Waals surface area contributed by atoms with E-state index in [9.17, 15) is 4.79 Å². The van der Waals surface area contributed by atoms with Crippen LogP contribution in [0.2, 0.25) is 0 Å². The van der Waals surface area contributed by atoms with Crippen LogP contribution in [-0.2, 0) is 0 Å². The van der Waals surface area contributed by atoms with E-state index in [2.05, 4.69) is 24.1 Å². The molecule has 2 fully saturated rings. The summed E-state index contributed by atoms with van der Waals surface area (Å²) in [4.78, 5) is 16.8. The predicted molar refractivity (Wildman–Crippen MR) is 78.7 cm³/mol. The van der Waals surface area contributed by atoms with Crippen molar-refractivity contribution in [2.75, 3.05) is 6.54 Å². The summed E-state index contributed by atoms with van der Waals surface area (Å²) in [6.45, 7) is 4.98. The van der Waals surface area contributed by atoms with Crippen LogP contribution >= 0.6 is 11.3 Å². The highest BCUT2D eigenvalue weighted by Gasteiger charge is 2.37. The number of thiophene rings is 1. The summed E-state index contributed by atoms with van der Waals surface area (Å²) in [5, 5.41) is 3.65. The van der Waals surface area contributed by atoms with E-state index < -0.39 is 0 Å². The second-order valence-electron chi connectivity index (χ2n) is 5.76. The van der Waals surface area contributed by atoms with Gasteiger partial charge in [-0.25, -0.2) is 0 Å². The van der Waals surface area contributed by atoms with E-state index in [1.807, 2.05) is 12.1 Å². The van der Waals surface area contributed by atoms with Crippen molar-refractivity contribution in [1.29, 1.82) is 0 Å². The van der Waals surface area contributed by atoms with Crippen molar-refractivity contribution in [3.63, 3.8) is 0 Å². The lowest BCUT2D eigenvalue weighted by molar-refractivity contribution is 0.0636. The monoisotopic (exact) mass is 278 g/mol. The van der Waals surface area contributed by atoms with E-state index in [0.29, 0.717) is 18.1 Å². The first-order chi connectivity index (χ1) is 9.17. The Balaban J connectivity index is 1.75. The van der Waals surface area contributed by atoms with Gasteiger partial charge in [0.05, 0.1) is 4.88 Å². The van der Waals surface area contributed by atoms with Gasteiger partial charge in [-0.15, -0.1) is 11.3 Å². The first-order valence-electron chi connectivity index (χ1n) is 7.31. The first kappa shape index (κ1) is 13.1. The second-order valence-corrected chi connectivity index (χ2v) is 7.05. The Morgan fingerprint density at radius 2 is 2.05 bits per heavy atom. The predicted octanol–water partition coefficient (Wildman–Crippen LogP) is 2.80. The Hall–Kier alpha value is -0.870. The lowest BCUT2D eigenvalue weighted by Crippen LogP contribution is -2.50. The van der Waals surface area contributed by atoms with Gasteiger partial charge >= 0.3 is 0 Å². The Kier molecular flexibility index (Phi) is 3.63. The Bertz CT molecular complexity index is 458. The molecule has 1 amide bonds. The smallest absolute Gasteiger partial charge is 0.264 e. The van der Waals surface area contributed by atoms with Crippen LogP contribution in [0.3, 0.4) is 0 Å². The number of amides is 1. The summed E-state index contributed by atoms with van der Waals surface area (Å²) in [5.74, 6) is 0.229. The molecule has 0 radical (unpaired) electrons. The normalized spacial score (nSPS) is 29.5. The zero-order valence-electron chi connectivity index (χ0n) is 11.7. The van der Waals surface area contributed by atoms with Crippen LogP contribution in [0.4, 0.5) is 0 Å². The van der Waals surface area contributed by atoms with Crippen molar-refractivity contribution in [3.8, 4) is 0 Å². The molecular weight excluding hydrogens is 256 g/mol. The SMILES string of the molecule is CCN(C(=O)c1ccc(C)s1)C1CC2CCC(C1)N2. The third-order valence-electron chi connectivity index (χ3n) is 4.44. The molecule has 2 aliphatic rings. The minimum absolute atomic E-state index is 0.229. The maximum absolute atomic E-state index is 12.6. The fourth-order valence-electron chi connectivity index (χ4n) is 3.54. The maximum atomic E-state index is 12.6. The van der Waals surface area contributed by atoms with Crippen molar-refractivity contribution in [3.05, 3.63) is 21.9 Å². The molecule has 0 saturated carbocycles. The van der Waals surface area contributed by atoms with Crippen LogP contribution < -0.4 is 5.32 Å². The van der Waals surface area contributed by atoms with Crippen LogP contribution in [-0.4, -0.2) is 35.5 Å². The quantitative estimate of drug-likeness (QED) is 0.922. The van der Waals surface area contributed by atoms with Crippen LogP contribution in [0.5, 0.6) is 0 Å². The van der Waals surface area contributed by atoms with Crippen molar-refractivity contribution in [1.82, 2.24) is 10.2 Å². The van der Waals surface area contributed by atoms with E-state index in [4.69, 9.17) is 0 Å². The van der Waals surface area contributed by atoms with Gasteiger partial charge in [-0.05, 0) is 51.7 Å². The molecule has 1 aromatic rings.